The Kier molecular flexibility index (Phi) is 3.52. The predicted octanol–water partition coefficient (Wildman–Crippen LogP) is 3.39. The highest BCUT2D eigenvalue weighted by molar-refractivity contribution is 5.85. The second-order valence-corrected chi connectivity index (χ2v) is 4.49. The molecule has 2 heteroatoms. The summed E-state index contributed by atoms with van der Waals surface area (Å²) < 4.78 is 0. The number of hydrogen-bond acceptors (Lipinski definition) is 2. The van der Waals surface area contributed by atoms with Crippen molar-refractivity contribution in [1.82, 2.24) is 4.98 Å². The number of hydrogen-bond donors (Lipinski definition) is 0. The molecule has 0 aliphatic heterocycles. The van der Waals surface area contributed by atoms with Crippen LogP contribution in [0.3, 0.4) is 0 Å². The zero-order valence-electron chi connectivity index (χ0n) is 10.3. The first-order valence-electron chi connectivity index (χ1n) is 6.07. The second-order valence-electron chi connectivity index (χ2n) is 4.49. The molecule has 0 spiro atoms. The maximum Gasteiger partial charge on any atom is 0.140 e. The van der Waals surface area contributed by atoms with E-state index >= 15 is 0 Å². The van der Waals surface area contributed by atoms with Gasteiger partial charge in [0.2, 0.25) is 0 Å². The van der Waals surface area contributed by atoms with Gasteiger partial charge in [-0.2, -0.15) is 0 Å². The molecule has 2 rings (SSSR count). The molecule has 0 aliphatic rings. The van der Waals surface area contributed by atoms with Crippen LogP contribution in [-0.2, 0) is 11.2 Å². The van der Waals surface area contributed by atoms with Gasteiger partial charge in [0.15, 0.2) is 0 Å². The fourth-order valence-electron chi connectivity index (χ4n) is 1.82. The van der Waals surface area contributed by atoms with E-state index in [2.05, 4.69) is 11.1 Å². The Bertz CT molecular complexity index is 533. The van der Waals surface area contributed by atoms with Crippen LogP contribution < -0.4 is 0 Å². The maximum absolute atomic E-state index is 11.9. The molecule has 1 aromatic carbocycles. The average Bonchev–Trinajstić information content (AvgIpc) is 2.37. The van der Waals surface area contributed by atoms with Crippen molar-refractivity contribution in [3.05, 3.63) is 42.1 Å². The molecule has 0 bridgehead atoms. The lowest BCUT2D eigenvalue weighted by atomic mass is 9.98. The predicted molar refractivity (Wildman–Crippen MR) is 69.9 cm³/mol. The number of aromatic nitrogens is 1. The summed E-state index contributed by atoms with van der Waals surface area (Å²) in [5, 5.41) is 1.10. The van der Waals surface area contributed by atoms with Crippen LogP contribution in [0.5, 0.6) is 0 Å². The molecule has 88 valence electrons. The summed E-state index contributed by atoms with van der Waals surface area (Å²) >= 11 is 0. The van der Waals surface area contributed by atoms with Gasteiger partial charge in [-0.3, -0.25) is 9.78 Å². The summed E-state index contributed by atoms with van der Waals surface area (Å²) in [6, 6.07) is 10.0. The van der Waals surface area contributed by atoms with Crippen LogP contribution in [0, 0.1) is 5.92 Å². The lowest BCUT2D eigenvalue weighted by Gasteiger charge is -2.07. The molecule has 1 atom stereocenters. The first-order chi connectivity index (χ1) is 8.20. The van der Waals surface area contributed by atoms with Gasteiger partial charge in [-0.25, -0.2) is 0 Å². The van der Waals surface area contributed by atoms with Crippen molar-refractivity contribution >= 4 is 16.7 Å². The monoisotopic (exact) mass is 227 g/mol. The quantitative estimate of drug-likeness (QED) is 0.801. The zero-order chi connectivity index (χ0) is 12.3. The largest absolute Gasteiger partial charge is 0.299 e. The van der Waals surface area contributed by atoms with Crippen LogP contribution >= 0.6 is 0 Å². The lowest BCUT2D eigenvalue weighted by Crippen LogP contribution is -2.12. The van der Waals surface area contributed by atoms with Gasteiger partial charge in [0, 0.05) is 23.9 Å². The van der Waals surface area contributed by atoms with E-state index in [-0.39, 0.29) is 5.92 Å². The van der Waals surface area contributed by atoms with Crippen LogP contribution in [0.4, 0.5) is 0 Å². The number of carbonyl (C=O) groups is 1. The van der Waals surface area contributed by atoms with Crippen LogP contribution in [0.25, 0.3) is 10.9 Å². The topological polar surface area (TPSA) is 30.0 Å². The molecule has 0 saturated heterocycles. The van der Waals surface area contributed by atoms with E-state index < -0.39 is 0 Å². The molecule has 0 radical (unpaired) electrons. The molecule has 2 nitrogen and oxygen atoms in total. The summed E-state index contributed by atoms with van der Waals surface area (Å²) in [5.74, 6) is 0.436. The molecule has 0 amide bonds. The fraction of sp³-hybridized carbons (Fsp3) is 0.333. The number of benzene rings is 1. The number of Topliss-reactive ketones (excluding diaryl/α,β-unsaturated/α-hetero) is 1. The third-order valence-corrected chi connectivity index (χ3v) is 3.19. The van der Waals surface area contributed by atoms with Crippen LogP contribution in [-0.4, -0.2) is 10.8 Å². The normalized spacial score (nSPS) is 12.6. The highest BCUT2D eigenvalue weighted by Gasteiger charge is 2.11. The number of para-hydroxylation sites is 1. The standard InChI is InChI=1S/C15H17NO/c1-3-11(2)15(17)9-12-8-13-6-4-5-7-14(13)16-10-12/h4-8,10-11H,3,9H2,1-2H3. The molecule has 17 heavy (non-hydrogen) atoms. The van der Waals surface area contributed by atoms with Crippen molar-refractivity contribution in [3.8, 4) is 0 Å². The van der Waals surface area contributed by atoms with E-state index in [1.807, 2.05) is 44.3 Å². The number of nitrogens with zero attached hydrogens (tertiary/aromatic N) is 1. The minimum Gasteiger partial charge on any atom is -0.299 e. The summed E-state index contributed by atoms with van der Waals surface area (Å²) in [4.78, 5) is 16.2. The molecular weight excluding hydrogens is 210 g/mol. The molecule has 0 fully saturated rings. The first-order valence-corrected chi connectivity index (χ1v) is 6.07. The molecule has 1 heterocycles. The Labute approximate surface area is 102 Å². The maximum atomic E-state index is 11.9. The number of carbonyl (C=O) groups excluding carboxylic acids is 1. The fourth-order valence-corrected chi connectivity index (χ4v) is 1.82. The Morgan fingerprint density at radius 1 is 1.35 bits per heavy atom. The van der Waals surface area contributed by atoms with E-state index in [0.29, 0.717) is 12.2 Å². The molecule has 0 N–H and O–H groups in total. The Balaban J connectivity index is 2.22. The summed E-state index contributed by atoms with van der Waals surface area (Å²) in [6.45, 7) is 4.03. The SMILES string of the molecule is CCC(C)C(=O)Cc1cnc2ccccc2c1. The first kappa shape index (κ1) is 11.8. The Hall–Kier alpha value is -1.70. The van der Waals surface area contributed by atoms with Crippen LogP contribution in [0.2, 0.25) is 0 Å². The molecule has 2 aromatic rings. The highest BCUT2D eigenvalue weighted by Crippen LogP contribution is 2.15. The zero-order valence-corrected chi connectivity index (χ0v) is 10.3. The van der Waals surface area contributed by atoms with Crippen molar-refractivity contribution < 1.29 is 4.79 Å². The van der Waals surface area contributed by atoms with E-state index in [1.165, 1.54) is 0 Å². The average molecular weight is 227 g/mol. The van der Waals surface area contributed by atoms with Crippen molar-refractivity contribution in [2.75, 3.05) is 0 Å². The van der Waals surface area contributed by atoms with Crippen LogP contribution in [0.1, 0.15) is 25.8 Å². The van der Waals surface area contributed by atoms with Gasteiger partial charge >= 0.3 is 0 Å². The number of ketones is 1. The summed E-state index contributed by atoms with van der Waals surface area (Å²) in [6.07, 6.45) is 3.20. The van der Waals surface area contributed by atoms with Gasteiger partial charge in [0.05, 0.1) is 5.52 Å². The van der Waals surface area contributed by atoms with Gasteiger partial charge < -0.3 is 0 Å². The van der Waals surface area contributed by atoms with E-state index in [0.717, 1.165) is 22.9 Å². The summed E-state index contributed by atoms with van der Waals surface area (Å²) in [7, 11) is 0. The van der Waals surface area contributed by atoms with Crippen LogP contribution in [0.15, 0.2) is 36.5 Å². The van der Waals surface area contributed by atoms with Gasteiger partial charge in [0.25, 0.3) is 0 Å². The van der Waals surface area contributed by atoms with E-state index in [1.54, 1.807) is 0 Å². The Morgan fingerprint density at radius 2 is 2.12 bits per heavy atom. The molecule has 1 unspecified atom stereocenters. The van der Waals surface area contributed by atoms with Gasteiger partial charge in [-0.1, -0.05) is 32.0 Å². The van der Waals surface area contributed by atoms with Crippen molar-refractivity contribution in [1.29, 1.82) is 0 Å². The molecular formula is C15H17NO. The van der Waals surface area contributed by atoms with Crippen molar-refractivity contribution in [2.45, 2.75) is 26.7 Å². The smallest absolute Gasteiger partial charge is 0.140 e. The third kappa shape index (κ3) is 2.70. The summed E-state index contributed by atoms with van der Waals surface area (Å²) in [5.41, 5.74) is 1.99. The second kappa shape index (κ2) is 5.09. The minimum absolute atomic E-state index is 0.140. The lowest BCUT2D eigenvalue weighted by molar-refractivity contribution is -0.121. The van der Waals surface area contributed by atoms with Gasteiger partial charge in [-0.05, 0) is 24.1 Å². The Morgan fingerprint density at radius 3 is 2.88 bits per heavy atom. The van der Waals surface area contributed by atoms with E-state index in [4.69, 9.17) is 0 Å². The molecule has 0 saturated carbocycles. The van der Waals surface area contributed by atoms with Gasteiger partial charge in [0.1, 0.15) is 5.78 Å². The highest BCUT2D eigenvalue weighted by atomic mass is 16.1. The van der Waals surface area contributed by atoms with Gasteiger partial charge in [-0.15, -0.1) is 0 Å². The number of pyridine rings is 1. The minimum atomic E-state index is 0.140. The molecule has 1 aromatic heterocycles. The van der Waals surface area contributed by atoms with E-state index in [9.17, 15) is 4.79 Å². The third-order valence-electron chi connectivity index (χ3n) is 3.19. The number of fused-ring (bicyclic) bond motifs is 1. The number of rotatable bonds is 4. The van der Waals surface area contributed by atoms with Crippen molar-refractivity contribution in [2.24, 2.45) is 5.92 Å². The van der Waals surface area contributed by atoms with Crippen molar-refractivity contribution in [3.63, 3.8) is 0 Å². The molecule has 0 aliphatic carbocycles.